The van der Waals surface area contributed by atoms with Gasteiger partial charge in [-0.15, -0.1) is 0 Å². The first kappa shape index (κ1) is 13.3. The Hall–Kier alpha value is -2.10. The quantitative estimate of drug-likeness (QED) is 0.917. The van der Waals surface area contributed by atoms with Gasteiger partial charge in [-0.25, -0.2) is 9.97 Å². The number of methoxy groups -OCH3 is 1. The SMILES string of the molecule is COc1ccc(-c2ncnc(C)c2N)cc1C(C)C. The third-order valence-electron chi connectivity index (χ3n) is 3.21. The summed E-state index contributed by atoms with van der Waals surface area (Å²) in [6.45, 7) is 6.15. The van der Waals surface area contributed by atoms with Gasteiger partial charge >= 0.3 is 0 Å². The average Bonchev–Trinajstić information content (AvgIpc) is 2.41. The number of hydrogen-bond acceptors (Lipinski definition) is 4. The van der Waals surface area contributed by atoms with Crippen molar-refractivity contribution < 1.29 is 4.74 Å². The van der Waals surface area contributed by atoms with E-state index in [1.54, 1.807) is 13.4 Å². The molecule has 100 valence electrons. The Bertz CT molecular complexity index is 594. The Kier molecular flexibility index (Phi) is 3.69. The van der Waals surface area contributed by atoms with E-state index in [2.05, 4.69) is 29.9 Å². The van der Waals surface area contributed by atoms with E-state index in [1.807, 2.05) is 19.1 Å². The second kappa shape index (κ2) is 5.26. The molecule has 0 bridgehead atoms. The molecule has 2 rings (SSSR count). The molecular weight excluding hydrogens is 238 g/mol. The largest absolute Gasteiger partial charge is 0.496 e. The number of nitrogens with two attached hydrogens (primary N) is 1. The van der Waals surface area contributed by atoms with Crippen LogP contribution in [0.25, 0.3) is 11.3 Å². The molecule has 0 amide bonds. The maximum atomic E-state index is 6.06. The highest BCUT2D eigenvalue weighted by atomic mass is 16.5. The summed E-state index contributed by atoms with van der Waals surface area (Å²) in [5, 5.41) is 0. The van der Waals surface area contributed by atoms with E-state index >= 15 is 0 Å². The van der Waals surface area contributed by atoms with Crippen molar-refractivity contribution in [3.05, 3.63) is 35.8 Å². The van der Waals surface area contributed by atoms with Crippen molar-refractivity contribution in [2.75, 3.05) is 12.8 Å². The lowest BCUT2D eigenvalue weighted by molar-refractivity contribution is 0.407. The van der Waals surface area contributed by atoms with E-state index in [9.17, 15) is 0 Å². The number of benzene rings is 1. The normalized spacial score (nSPS) is 10.8. The number of ether oxygens (including phenoxy) is 1. The smallest absolute Gasteiger partial charge is 0.122 e. The molecule has 2 N–H and O–H groups in total. The third-order valence-corrected chi connectivity index (χ3v) is 3.21. The van der Waals surface area contributed by atoms with Gasteiger partial charge < -0.3 is 10.5 Å². The number of nitrogen functional groups attached to an aromatic ring is 1. The van der Waals surface area contributed by atoms with E-state index in [1.165, 1.54) is 0 Å². The molecule has 0 radical (unpaired) electrons. The zero-order valence-electron chi connectivity index (χ0n) is 11.8. The molecule has 4 heteroatoms. The lowest BCUT2D eigenvalue weighted by Gasteiger charge is -2.14. The van der Waals surface area contributed by atoms with Crippen molar-refractivity contribution in [3.8, 4) is 17.0 Å². The molecule has 0 atom stereocenters. The molecular formula is C15H19N3O. The molecule has 0 saturated heterocycles. The van der Waals surface area contributed by atoms with Crippen molar-refractivity contribution in [3.63, 3.8) is 0 Å². The second-order valence-corrected chi connectivity index (χ2v) is 4.83. The molecule has 0 aliphatic carbocycles. The zero-order valence-corrected chi connectivity index (χ0v) is 11.8. The summed E-state index contributed by atoms with van der Waals surface area (Å²) in [5.74, 6) is 1.27. The lowest BCUT2D eigenvalue weighted by Crippen LogP contribution is -2.00. The van der Waals surface area contributed by atoms with E-state index in [-0.39, 0.29) is 0 Å². The van der Waals surface area contributed by atoms with Gasteiger partial charge in [0.1, 0.15) is 12.1 Å². The summed E-state index contributed by atoms with van der Waals surface area (Å²) in [7, 11) is 1.68. The third kappa shape index (κ3) is 2.52. The first-order valence-electron chi connectivity index (χ1n) is 6.30. The van der Waals surface area contributed by atoms with Gasteiger partial charge in [-0.05, 0) is 36.6 Å². The molecule has 0 saturated carbocycles. The maximum absolute atomic E-state index is 6.06. The lowest BCUT2D eigenvalue weighted by atomic mass is 9.97. The minimum Gasteiger partial charge on any atom is -0.496 e. The minimum absolute atomic E-state index is 0.374. The van der Waals surface area contributed by atoms with Crippen LogP contribution in [0.2, 0.25) is 0 Å². The fourth-order valence-electron chi connectivity index (χ4n) is 2.05. The zero-order chi connectivity index (χ0) is 14.0. The van der Waals surface area contributed by atoms with Crippen LogP contribution in [0.4, 0.5) is 5.69 Å². The van der Waals surface area contributed by atoms with Crippen LogP contribution < -0.4 is 10.5 Å². The Morgan fingerprint density at radius 2 is 1.95 bits per heavy atom. The van der Waals surface area contributed by atoms with Crippen LogP contribution in [0.5, 0.6) is 5.75 Å². The van der Waals surface area contributed by atoms with Crippen LogP contribution in [0.1, 0.15) is 31.0 Å². The van der Waals surface area contributed by atoms with Gasteiger partial charge in [0.15, 0.2) is 0 Å². The highest BCUT2D eigenvalue weighted by Gasteiger charge is 2.12. The van der Waals surface area contributed by atoms with E-state index in [0.717, 1.165) is 28.3 Å². The Labute approximate surface area is 113 Å². The van der Waals surface area contributed by atoms with Crippen LogP contribution in [-0.4, -0.2) is 17.1 Å². The Morgan fingerprint density at radius 1 is 1.21 bits per heavy atom. The average molecular weight is 257 g/mol. The number of anilines is 1. The van der Waals surface area contributed by atoms with E-state index in [0.29, 0.717) is 11.6 Å². The van der Waals surface area contributed by atoms with E-state index < -0.39 is 0 Å². The second-order valence-electron chi connectivity index (χ2n) is 4.83. The number of nitrogens with zero attached hydrogens (tertiary/aromatic N) is 2. The molecule has 1 aromatic carbocycles. The monoisotopic (exact) mass is 257 g/mol. The standard InChI is InChI=1S/C15H19N3O/c1-9(2)12-7-11(5-6-13(12)19-4)15-14(16)10(3)17-8-18-15/h5-9H,16H2,1-4H3. The molecule has 0 unspecified atom stereocenters. The van der Waals surface area contributed by atoms with Crippen LogP contribution in [0, 0.1) is 6.92 Å². The molecule has 4 nitrogen and oxygen atoms in total. The van der Waals surface area contributed by atoms with Crippen molar-refractivity contribution in [2.45, 2.75) is 26.7 Å². The molecule has 0 aliphatic heterocycles. The van der Waals surface area contributed by atoms with Gasteiger partial charge in [0.25, 0.3) is 0 Å². The summed E-state index contributed by atoms with van der Waals surface area (Å²) in [5.41, 5.74) is 10.4. The van der Waals surface area contributed by atoms with Crippen LogP contribution in [-0.2, 0) is 0 Å². The van der Waals surface area contributed by atoms with Gasteiger partial charge in [-0.1, -0.05) is 13.8 Å². The van der Waals surface area contributed by atoms with Gasteiger partial charge in [-0.2, -0.15) is 0 Å². The summed E-state index contributed by atoms with van der Waals surface area (Å²) in [4.78, 5) is 8.38. The maximum Gasteiger partial charge on any atom is 0.122 e. The van der Waals surface area contributed by atoms with Crippen molar-refractivity contribution in [2.24, 2.45) is 0 Å². The van der Waals surface area contributed by atoms with Gasteiger partial charge in [-0.3, -0.25) is 0 Å². The summed E-state index contributed by atoms with van der Waals surface area (Å²) < 4.78 is 5.39. The topological polar surface area (TPSA) is 61.0 Å². The Morgan fingerprint density at radius 3 is 2.58 bits per heavy atom. The summed E-state index contributed by atoms with van der Waals surface area (Å²) >= 11 is 0. The summed E-state index contributed by atoms with van der Waals surface area (Å²) in [6, 6.07) is 6.02. The molecule has 2 aromatic rings. The predicted molar refractivity (Wildman–Crippen MR) is 77.3 cm³/mol. The first-order chi connectivity index (χ1) is 9.04. The van der Waals surface area contributed by atoms with Gasteiger partial charge in [0.05, 0.1) is 24.2 Å². The molecule has 19 heavy (non-hydrogen) atoms. The molecule has 0 spiro atoms. The Balaban J connectivity index is 2.57. The van der Waals surface area contributed by atoms with E-state index in [4.69, 9.17) is 10.5 Å². The van der Waals surface area contributed by atoms with Crippen LogP contribution in [0.15, 0.2) is 24.5 Å². The molecule has 0 fully saturated rings. The van der Waals surface area contributed by atoms with Gasteiger partial charge in [0, 0.05) is 5.56 Å². The molecule has 0 aliphatic rings. The number of aryl methyl sites for hydroxylation is 1. The molecule has 1 heterocycles. The fraction of sp³-hybridized carbons (Fsp3) is 0.333. The minimum atomic E-state index is 0.374. The fourth-order valence-corrected chi connectivity index (χ4v) is 2.05. The van der Waals surface area contributed by atoms with Crippen LogP contribution in [0.3, 0.4) is 0 Å². The van der Waals surface area contributed by atoms with Crippen molar-refractivity contribution in [1.29, 1.82) is 0 Å². The first-order valence-corrected chi connectivity index (χ1v) is 6.30. The summed E-state index contributed by atoms with van der Waals surface area (Å²) in [6.07, 6.45) is 1.54. The highest BCUT2D eigenvalue weighted by Crippen LogP contribution is 2.32. The van der Waals surface area contributed by atoms with Crippen LogP contribution >= 0.6 is 0 Å². The number of hydrogen-bond donors (Lipinski definition) is 1. The molecule has 1 aromatic heterocycles. The van der Waals surface area contributed by atoms with Gasteiger partial charge in [0.2, 0.25) is 0 Å². The van der Waals surface area contributed by atoms with Crippen molar-refractivity contribution >= 4 is 5.69 Å². The number of rotatable bonds is 3. The highest BCUT2D eigenvalue weighted by molar-refractivity contribution is 5.74. The number of aromatic nitrogens is 2. The van der Waals surface area contributed by atoms with Crippen molar-refractivity contribution in [1.82, 2.24) is 9.97 Å². The predicted octanol–water partition coefficient (Wildman–Crippen LogP) is 3.17.